The molecule has 26 heavy (non-hydrogen) atoms. The third-order valence-electron chi connectivity index (χ3n) is 6.44. The van der Waals surface area contributed by atoms with Gasteiger partial charge in [0.2, 0.25) is 0 Å². The van der Waals surface area contributed by atoms with Crippen LogP contribution in [0.2, 0.25) is 0 Å². The number of rotatable bonds is 4. The first-order chi connectivity index (χ1) is 12.6. The van der Waals surface area contributed by atoms with Gasteiger partial charge in [-0.1, -0.05) is 12.2 Å². The molecule has 1 N–H and O–H groups in total. The fourth-order valence-electron chi connectivity index (χ4n) is 5.18. The summed E-state index contributed by atoms with van der Waals surface area (Å²) in [5.74, 6) is -0.0346. The van der Waals surface area contributed by atoms with Crippen molar-refractivity contribution in [3.05, 3.63) is 35.9 Å². The summed E-state index contributed by atoms with van der Waals surface area (Å²) in [7, 11) is 0. The van der Waals surface area contributed by atoms with Gasteiger partial charge in [0.15, 0.2) is 11.5 Å². The number of benzene rings is 1. The molecule has 4 aliphatic rings. The van der Waals surface area contributed by atoms with E-state index in [-0.39, 0.29) is 46.7 Å². The van der Waals surface area contributed by atoms with Gasteiger partial charge in [0.1, 0.15) is 0 Å². The third-order valence-corrected chi connectivity index (χ3v) is 6.44. The van der Waals surface area contributed by atoms with Crippen LogP contribution in [0.5, 0.6) is 11.5 Å². The van der Waals surface area contributed by atoms with Crippen molar-refractivity contribution in [3.8, 4) is 11.5 Å². The van der Waals surface area contributed by atoms with Crippen molar-refractivity contribution in [2.45, 2.75) is 19.8 Å². The number of hydrazone groups is 1. The van der Waals surface area contributed by atoms with Crippen molar-refractivity contribution in [3.63, 3.8) is 0 Å². The number of carbonyl (C=O) groups is 2. The maximum absolute atomic E-state index is 12.8. The van der Waals surface area contributed by atoms with Crippen molar-refractivity contribution in [1.29, 1.82) is 0 Å². The van der Waals surface area contributed by atoms with Crippen LogP contribution in [0.25, 0.3) is 0 Å². The summed E-state index contributed by atoms with van der Waals surface area (Å²) >= 11 is 0. The monoisotopic (exact) mass is 352 g/mol. The average molecular weight is 352 g/mol. The molecule has 134 valence electrons. The van der Waals surface area contributed by atoms with E-state index >= 15 is 0 Å². The second-order valence-corrected chi connectivity index (χ2v) is 7.61. The van der Waals surface area contributed by atoms with Crippen molar-refractivity contribution in [2.75, 3.05) is 6.61 Å². The Kier molecular flexibility index (Phi) is 3.12. The van der Waals surface area contributed by atoms with Gasteiger partial charge in [0, 0.05) is 0 Å². The molecule has 1 aromatic carbocycles. The molecule has 6 nitrogen and oxygen atoms in total. The Hall–Kier alpha value is -2.63. The zero-order valence-electron chi connectivity index (χ0n) is 14.5. The Morgan fingerprint density at radius 3 is 2.46 bits per heavy atom. The lowest BCUT2D eigenvalue weighted by atomic mass is 9.85. The van der Waals surface area contributed by atoms with Gasteiger partial charge >= 0.3 is 0 Å². The van der Waals surface area contributed by atoms with E-state index in [0.717, 1.165) is 17.9 Å². The molecule has 2 bridgehead atoms. The summed E-state index contributed by atoms with van der Waals surface area (Å²) in [6.07, 6.45) is 8.01. The minimum absolute atomic E-state index is 0.0456. The maximum Gasteiger partial charge on any atom is 0.254 e. The van der Waals surface area contributed by atoms with Gasteiger partial charge in [-0.3, -0.25) is 9.59 Å². The Labute approximate surface area is 151 Å². The first-order valence-corrected chi connectivity index (χ1v) is 9.13. The quantitative estimate of drug-likeness (QED) is 0.512. The molecule has 3 fully saturated rings. The highest BCUT2D eigenvalue weighted by molar-refractivity contribution is 6.07. The highest BCUT2D eigenvalue weighted by Crippen LogP contribution is 2.73. The van der Waals surface area contributed by atoms with Crippen LogP contribution in [-0.4, -0.2) is 34.8 Å². The van der Waals surface area contributed by atoms with E-state index in [9.17, 15) is 14.7 Å². The van der Waals surface area contributed by atoms with E-state index in [2.05, 4.69) is 17.3 Å². The Morgan fingerprint density at radius 1 is 1.23 bits per heavy atom. The number of allylic oxidation sites excluding steroid dienone is 2. The number of phenols is 1. The van der Waals surface area contributed by atoms with Crippen LogP contribution in [0.15, 0.2) is 35.5 Å². The second-order valence-electron chi connectivity index (χ2n) is 7.61. The number of amides is 2. The molecule has 0 radical (unpaired) electrons. The van der Waals surface area contributed by atoms with Gasteiger partial charge in [-0.15, -0.1) is 0 Å². The highest BCUT2D eigenvalue weighted by Gasteiger charge is 2.73. The summed E-state index contributed by atoms with van der Waals surface area (Å²) in [4.78, 5) is 25.7. The Balaban J connectivity index is 1.39. The summed E-state index contributed by atoms with van der Waals surface area (Å²) in [5.41, 5.74) is 0.850. The molecule has 1 saturated heterocycles. The van der Waals surface area contributed by atoms with Gasteiger partial charge in [0.25, 0.3) is 11.8 Å². The molecule has 0 aromatic heterocycles. The number of ether oxygens (including phenoxy) is 1. The number of carbonyl (C=O) groups excluding carboxylic acids is 2. The fraction of sp³-hybridized carbons (Fsp3) is 0.450. The smallest absolute Gasteiger partial charge is 0.254 e. The van der Waals surface area contributed by atoms with E-state index in [1.807, 2.05) is 6.92 Å². The lowest BCUT2D eigenvalue weighted by Gasteiger charge is -2.18. The largest absolute Gasteiger partial charge is 0.504 e. The number of fused-ring (bicyclic) bond motifs is 3. The summed E-state index contributed by atoms with van der Waals surface area (Å²) in [6.45, 7) is 2.26. The first-order valence-electron chi connectivity index (χ1n) is 9.13. The zero-order valence-corrected chi connectivity index (χ0v) is 14.5. The third kappa shape index (κ3) is 1.90. The van der Waals surface area contributed by atoms with Crippen LogP contribution in [-0.2, 0) is 9.59 Å². The van der Waals surface area contributed by atoms with Crippen LogP contribution in [0.4, 0.5) is 0 Å². The summed E-state index contributed by atoms with van der Waals surface area (Å²) in [5, 5.41) is 15.0. The van der Waals surface area contributed by atoms with Crippen LogP contribution >= 0.6 is 0 Å². The van der Waals surface area contributed by atoms with E-state index < -0.39 is 0 Å². The minimum atomic E-state index is -0.240. The van der Waals surface area contributed by atoms with Crippen LogP contribution in [0, 0.1) is 29.1 Å². The lowest BCUT2D eigenvalue weighted by Crippen LogP contribution is -2.30. The van der Waals surface area contributed by atoms with Gasteiger partial charge in [-0.25, -0.2) is 0 Å². The Morgan fingerprint density at radius 2 is 1.88 bits per heavy atom. The zero-order chi connectivity index (χ0) is 18.1. The molecule has 1 aliphatic heterocycles. The van der Waals surface area contributed by atoms with E-state index in [1.54, 1.807) is 12.1 Å². The molecule has 6 heteroatoms. The minimum Gasteiger partial charge on any atom is -0.504 e. The van der Waals surface area contributed by atoms with E-state index in [4.69, 9.17) is 4.74 Å². The number of phenolic OH excluding ortho intramolecular Hbond substituents is 1. The standard InChI is InChI=1S/C20H20N2O4/c1-2-26-15-9-11(3-6-14(15)23)10-21-22-18(24)16-12-4-5-13(17(16)19(22)25)20(12)7-8-20/h3-6,9-10,12-13,16-17,23H,2,7-8H2,1H3/b21-10+/t12-,13+,16-,17+. The Bertz CT molecular complexity index is 837. The molecule has 3 aliphatic carbocycles. The van der Waals surface area contributed by atoms with Crippen LogP contribution in [0.1, 0.15) is 25.3 Å². The van der Waals surface area contributed by atoms with Gasteiger partial charge in [-0.2, -0.15) is 10.1 Å². The van der Waals surface area contributed by atoms with E-state index in [0.29, 0.717) is 17.9 Å². The lowest BCUT2D eigenvalue weighted by molar-refractivity contribution is -0.141. The van der Waals surface area contributed by atoms with Crippen LogP contribution in [0.3, 0.4) is 0 Å². The number of imide groups is 1. The van der Waals surface area contributed by atoms with Gasteiger partial charge in [0.05, 0.1) is 24.7 Å². The predicted molar refractivity (Wildman–Crippen MR) is 93.5 cm³/mol. The van der Waals surface area contributed by atoms with Crippen LogP contribution < -0.4 is 4.74 Å². The number of hydrogen-bond donors (Lipinski definition) is 1. The second kappa shape index (κ2) is 5.19. The molecular weight excluding hydrogens is 332 g/mol. The van der Waals surface area contributed by atoms with Gasteiger partial charge < -0.3 is 9.84 Å². The fourth-order valence-corrected chi connectivity index (χ4v) is 5.18. The average Bonchev–Trinajstić information content (AvgIpc) is 3.23. The molecule has 1 heterocycles. The molecule has 0 unspecified atom stereocenters. The topological polar surface area (TPSA) is 79.2 Å². The first kappa shape index (κ1) is 15.6. The number of hydrogen-bond acceptors (Lipinski definition) is 5. The van der Waals surface area contributed by atoms with Crippen molar-refractivity contribution in [1.82, 2.24) is 5.01 Å². The summed E-state index contributed by atoms with van der Waals surface area (Å²) < 4.78 is 5.35. The van der Waals surface area contributed by atoms with E-state index in [1.165, 1.54) is 12.3 Å². The molecule has 2 amide bonds. The number of aromatic hydroxyl groups is 1. The normalized spacial score (nSPS) is 32.9. The summed E-state index contributed by atoms with van der Waals surface area (Å²) in [6, 6.07) is 4.81. The highest BCUT2D eigenvalue weighted by atomic mass is 16.5. The molecule has 4 atom stereocenters. The SMILES string of the molecule is CCOc1cc(/C=N/N2C(=O)[C@@H]3[C@H](C2=O)[C@H]2C=C[C@@H]3C23CC3)ccc1O. The van der Waals surface area contributed by atoms with Crippen molar-refractivity contribution >= 4 is 18.0 Å². The van der Waals surface area contributed by atoms with Gasteiger partial charge in [-0.05, 0) is 60.8 Å². The molecular formula is C20H20N2O4. The maximum atomic E-state index is 12.8. The molecule has 2 saturated carbocycles. The predicted octanol–water partition coefficient (Wildman–Crippen LogP) is 2.32. The number of nitrogens with zero attached hydrogens (tertiary/aromatic N) is 2. The van der Waals surface area contributed by atoms with Crippen molar-refractivity contribution in [2.24, 2.45) is 34.2 Å². The van der Waals surface area contributed by atoms with Crippen molar-refractivity contribution < 1.29 is 19.4 Å². The molecule has 1 spiro atoms. The molecule has 1 aromatic rings. The molecule has 5 rings (SSSR count).